The van der Waals surface area contributed by atoms with E-state index in [1.807, 2.05) is 0 Å². The summed E-state index contributed by atoms with van der Waals surface area (Å²) in [5.74, 6) is 0. The molecule has 1 amide bonds. The van der Waals surface area contributed by atoms with Crippen LogP contribution in [0.15, 0.2) is 48.5 Å². The maximum atomic E-state index is 12.7. The van der Waals surface area contributed by atoms with Gasteiger partial charge in [-0.05, 0) is 57.9 Å². The van der Waals surface area contributed by atoms with E-state index in [0.717, 1.165) is 0 Å². The summed E-state index contributed by atoms with van der Waals surface area (Å²) in [6.07, 6.45) is -0.730. The number of amides is 1. The van der Waals surface area contributed by atoms with Crippen LogP contribution in [0.25, 0.3) is 0 Å². The third kappa shape index (κ3) is 5.71. The lowest BCUT2D eigenvalue weighted by Crippen LogP contribution is -2.61. The summed E-state index contributed by atoms with van der Waals surface area (Å²) in [7, 11) is 0. The van der Waals surface area contributed by atoms with Crippen LogP contribution in [-0.4, -0.2) is 21.5 Å². The second kappa shape index (κ2) is 9.49. The second-order valence-electron chi connectivity index (χ2n) is 8.56. The van der Waals surface area contributed by atoms with Crippen LogP contribution in [0, 0.1) is 20.2 Å². The minimum atomic E-state index is -1.29. The third-order valence-corrected chi connectivity index (χ3v) is 5.12. The zero-order valence-electron chi connectivity index (χ0n) is 18.4. The molecule has 0 aliphatic carbocycles. The molecule has 32 heavy (non-hydrogen) atoms. The van der Waals surface area contributed by atoms with Crippen LogP contribution in [0.2, 0.25) is 0 Å². The average molecular weight is 467 g/mol. The van der Waals surface area contributed by atoms with E-state index in [2.05, 4.69) is 5.32 Å². The molecule has 2 aromatic carbocycles. The molecule has 0 spiro atoms. The molecule has 0 heterocycles. The van der Waals surface area contributed by atoms with Gasteiger partial charge in [0.15, 0.2) is 0 Å². The van der Waals surface area contributed by atoms with Crippen LogP contribution in [0.3, 0.4) is 0 Å². The van der Waals surface area contributed by atoms with Crippen molar-refractivity contribution in [3.05, 3.63) is 79.9 Å². The lowest BCUT2D eigenvalue weighted by Gasteiger charge is -2.45. The standard InChI is InChI=1S/C21H26N4O6.ClH/c1-19(2,3)31-18(26)23-21(5,15-8-12-17(13-9-15)25(29)30)20(4,22)14-6-10-16(11-7-14)24(27)28;/h6-13H,22H2,1-5H3,(H,23,26);1H/t20-,21+;/m0./s1. The van der Waals surface area contributed by atoms with Crippen LogP contribution >= 0.6 is 12.4 Å². The Hall–Kier alpha value is -3.24. The number of non-ortho nitro benzene ring substituents is 2. The van der Waals surface area contributed by atoms with Gasteiger partial charge in [0.2, 0.25) is 0 Å². The number of nitro groups is 2. The van der Waals surface area contributed by atoms with Crippen molar-refractivity contribution in [2.75, 3.05) is 0 Å². The van der Waals surface area contributed by atoms with E-state index in [4.69, 9.17) is 10.5 Å². The quantitative estimate of drug-likeness (QED) is 0.468. The summed E-state index contributed by atoms with van der Waals surface area (Å²) in [6, 6.07) is 11.3. The Morgan fingerprint density at radius 3 is 1.56 bits per heavy atom. The number of nitrogens with one attached hydrogen (secondary N) is 1. The van der Waals surface area contributed by atoms with Crippen molar-refractivity contribution in [1.82, 2.24) is 5.32 Å². The van der Waals surface area contributed by atoms with Crippen molar-refractivity contribution < 1.29 is 19.4 Å². The van der Waals surface area contributed by atoms with Gasteiger partial charge >= 0.3 is 6.09 Å². The number of rotatable bonds is 6. The zero-order valence-corrected chi connectivity index (χ0v) is 19.3. The Labute approximate surface area is 191 Å². The molecule has 2 atom stereocenters. The van der Waals surface area contributed by atoms with Crippen molar-refractivity contribution in [3.63, 3.8) is 0 Å². The number of benzene rings is 2. The minimum absolute atomic E-state index is 0. The lowest BCUT2D eigenvalue weighted by molar-refractivity contribution is -0.385. The van der Waals surface area contributed by atoms with E-state index in [1.54, 1.807) is 34.6 Å². The first kappa shape index (κ1) is 26.8. The largest absolute Gasteiger partial charge is 0.444 e. The second-order valence-corrected chi connectivity index (χ2v) is 8.56. The molecule has 0 aromatic heterocycles. The molecule has 10 nitrogen and oxygen atoms in total. The minimum Gasteiger partial charge on any atom is -0.444 e. The monoisotopic (exact) mass is 466 g/mol. The van der Waals surface area contributed by atoms with Gasteiger partial charge in [0.1, 0.15) is 5.60 Å². The number of hydrogen-bond donors (Lipinski definition) is 2. The van der Waals surface area contributed by atoms with E-state index in [-0.39, 0.29) is 23.8 Å². The summed E-state index contributed by atoms with van der Waals surface area (Å²) in [4.78, 5) is 33.6. The first-order chi connectivity index (χ1) is 14.2. The molecule has 2 rings (SSSR count). The van der Waals surface area contributed by atoms with Crippen LogP contribution < -0.4 is 11.1 Å². The highest BCUT2D eigenvalue weighted by Gasteiger charge is 2.46. The number of carbonyl (C=O) groups excluding carboxylic acids is 1. The van der Waals surface area contributed by atoms with Crippen LogP contribution in [0.4, 0.5) is 16.2 Å². The van der Waals surface area contributed by atoms with Gasteiger partial charge in [-0.1, -0.05) is 12.1 Å². The molecule has 0 fully saturated rings. The summed E-state index contributed by atoms with van der Waals surface area (Å²) in [5.41, 5.74) is 4.16. The van der Waals surface area contributed by atoms with Crippen LogP contribution in [0.5, 0.6) is 0 Å². The number of hydrogen-bond acceptors (Lipinski definition) is 7. The molecular weight excluding hydrogens is 440 g/mol. The number of carbonyl (C=O) groups is 1. The van der Waals surface area contributed by atoms with E-state index in [0.29, 0.717) is 11.1 Å². The fourth-order valence-corrected chi connectivity index (χ4v) is 3.14. The van der Waals surface area contributed by atoms with Crippen molar-refractivity contribution >= 4 is 29.9 Å². The molecule has 0 unspecified atom stereocenters. The van der Waals surface area contributed by atoms with Gasteiger partial charge < -0.3 is 15.8 Å². The van der Waals surface area contributed by atoms with E-state index < -0.39 is 32.6 Å². The van der Waals surface area contributed by atoms with Crippen molar-refractivity contribution in [2.45, 2.75) is 51.3 Å². The Kier molecular flexibility index (Phi) is 7.95. The van der Waals surface area contributed by atoms with E-state index >= 15 is 0 Å². The molecule has 0 saturated heterocycles. The lowest BCUT2D eigenvalue weighted by atomic mass is 9.71. The highest BCUT2D eigenvalue weighted by molar-refractivity contribution is 5.85. The topological polar surface area (TPSA) is 151 Å². The Bertz CT molecular complexity index is 987. The molecular formula is C21H27ClN4O6. The van der Waals surface area contributed by atoms with E-state index in [9.17, 15) is 25.0 Å². The predicted molar refractivity (Wildman–Crippen MR) is 122 cm³/mol. The molecule has 3 N–H and O–H groups in total. The van der Waals surface area contributed by atoms with Gasteiger partial charge in [0, 0.05) is 24.3 Å². The normalized spacial score (nSPS) is 14.8. The Balaban J connectivity index is 0.00000512. The maximum Gasteiger partial charge on any atom is 0.408 e. The molecule has 0 radical (unpaired) electrons. The molecule has 0 aliphatic rings. The van der Waals surface area contributed by atoms with Crippen molar-refractivity contribution in [1.29, 1.82) is 0 Å². The maximum absolute atomic E-state index is 12.7. The van der Waals surface area contributed by atoms with Crippen molar-refractivity contribution in [3.8, 4) is 0 Å². The smallest absolute Gasteiger partial charge is 0.408 e. The Morgan fingerprint density at radius 1 is 0.844 bits per heavy atom. The number of nitro benzene ring substituents is 2. The zero-order chi connectivity index (χ0) is 23.6. The molecule has 0 saturated carbocycles. The third-order valence-electron chi connectivity index (χ3n) is 5.12. The predicted octanol–water partition coefficient (Wildman–Crippen LogP) is 4.54. The van der Waals surface area contributed by atoms with Gasteiger partial charge in [-0.15, -0.1) is 12.4 Å². The molecule has 174 valence electrons. The first-order valence-corrected chi connectivity index (χ1v) is 9.47. The fourth-order valence-electron chi connectivity index (χ4n) is 3.14. The highest BCUT2D eigenvalue weighted by Crippen LogP contribution is 2.39. The molecule has 11 heteroatoms. The highest BCUT2D eigenvalue weighted by atomic mass is 35.5. The first-order valence-electron chi connectivity index (χ1n) is 9.47. The molecule has 2 aromatic rings. The van der Waals surface area contributed by atoms with Crippen molar-refractivity contribution in [2.24, 2.45) is 5.73 Å². The summed E-state index contributed by atoms with van der Waals surface area (Å²) in [6.45, 7) is 8.47. The van der Waals surface area contributed by atoms with Gasteiger partial charge in [-0.25, -0.2) is 4.79 Å². The molecule has 0 bridgehead atoms. The number of alkyl carbamates (subject to hydrolysis) is 1. The van der Waals surface area contributed by atoms with Crippen LogP contribution in [0.1, 0.15) is 45.7 Å². The molecule has 0 aliphatic heterocycles. The summed E-state index contributed by atoms with van der Waals surface area (Å²) < 4.78 is 5.40. The van der Waals surface area contributed by atoms with Gasteiger partial charge in [-0.2, -0.15) is 0 Å². The average Bonchev–Trinajstić information content (AvgIpc) is 2.66. The number of nitrogens with zero attached hydrogens (tertiary/aromatic N) is 2. The SMILES string of the molecule is CC(C)(C)OC(=O)N[C@](C)(c1ccc([N+](=O)[O-])cc1)[C@@](C)(N)c1ccc([N+](=O)[O-])cc1.Cl. The van der Waals surface area contributed by atoms with Gasteiger partial charge in [-0.3, -0.25) is 20.2 Å². The number of nitrogens with two attached hydrogens (primary N) is 1. The number of halogens is 1. The van der Waals surface area contributed by atoms with Gasteiger partial charge in [0.25, 0.3) is 11.4 Å². The fraction of sp³-hybridized carbons (Fsp3) is 0.381. The van der Waals surface area contributed by atoms with Crippen LogP contribution in [-0.2, 0) is 15.8 Å². The summed E-state index contributed by atoms with van der Waals surface area (Å²) in [5, 5.41) is 24.8. The van der Waals surface area contributed by atoms with E-state index in [1.165, 1.54) is 48.5 Å². The number of ether oxygens (including phenoxy) is 1. The summed E-state index contributed by atoms with van der Waals surface area (Å²) >= 11 is 0. The van der Waals surface area contributed by atoms with Gasteiger partial charge in [0.05, 0.1) is 20.9 Å². The Morgan fingerprint density at radius 2 is 1.22 bits per heavy atom.